The number of para-hydroxylation sites is 1. The summed E-state index contributed by atoms with van der Waals surface area (Å²) in [6.45, 7) is 0. The van der Waals surface area contributed by atoms with E-state index < -0.39 is 5.82 Å². The number of halogens is 2. The van der Waals surface area contributed by atoms with E-state index in [9.17, 15) is 9.59 Å². The molecule has 2 atom stereocenters. The Morgan fingerprint density at radius 3 is 2.73 bits per heavy atom. The molecule has 2 fully saturated rings. The standard InChI is InChI=1S/C29H26ClFN8O2/c1-37-14-22(19-4-2-3-5-21(19)34-29(41)16-6-7-16)33-28(37)24-10-8-18-12-17(13-25(40)39(18)24)26-23(38-15-32-35-36-38)11-9-20(30)27(26)31/h2-5,9,11,13-16,18,24H,6-8,10,12H2,1H3,(H,34,41)/t18-,24-/m0/s1. The van der Waals surface area contributed by atoms with Crippen LogP contribution < -0.4 is 5.32 Å². The highest BCUT2D eigenvalue weighted by Gasteiger charge is 2.42. The molecule has 1 N–H and O–H groups in total. The molecule has 0 radical (unpaired) electrons. The number of anilines is 1. The van der Waals surface area contributed by atoms with Crippen molar-refractivity contribution in [2.45, 2.75) is 44.2 Å². The lowest BCUT2D eigenvalue weighted by atomic mass is 9.92. The zero-order valence-corrected chi connectivity index (χ0v) is 22.9. The molecule has 208 valence electrons. The first-order valence-corrected chi connectivity index (χ1v) is 13.9. The summed E-state index contributed by atoms with van der Waals surface area (Å²) in [4.78, 5) is 32.9. The Bertz CT molecular complexity index is 1710. The summed E-state index contributed by atoms with van der Waals surface area (Å²) in [6.07, 6.45) is 8.57. The number of carbonyl (C=O) groups is 2. The minimum Gasteiger partial charge on any atom is -0.336 e. The second kappa shape index (κ2) is 9.91. The molecule has 2 aliphatic heterocycles. The van der Waals surface area contributed by atoms with Crippen molar-refractivity contribution in [1.29, 1.82) is 0 Å². The van der Waals surface area contributed by atoms with E-state index in [4.69, 9.17) is 16.6 Å². The minimum atomic E-state index is -0.608. The van der Waals surface area contributed by atoms with Gasteiger partial charge in [0.1, 0.15) is 12.2 Å². The lowest BCUT2D eigenvalue weighted by Crippen LogP contribution is -2.40. The zero-order chi connectivity index (χ0) is 28.2. The van der Waals surface area contributed by atoms with Gasteiger partial charge in [-0.05, 0) is 66.3 Å². The van der Waals surface area contributed by atoms with Gasteiger partial charge < -0.3 is 14.8 Å². The quantitative estimate of drug-likeness (QED) is 0.358. The Morgan fingerprint density at radius 2 is 1.95 bits per heavy atom. The summed E-state index contributed by atoms with van der Waals surface area (Å²) < 4.78 is 18.7. The predicted octanol–water partition coefficient (Wildman–Crippen LogP) is 4.72. The molecule has 3 aliphatic rings. The van der Waals surface area contributed by atoms with E-state index >= 15 is 4.39 Å². The molecule has 0 unspecified atom stereocenters. The monoisotopic (exact) mass is 572 g/mol. The van der Waals surface area contributed by atoms with Gasteiger partial charge in [0, 0.05) is 42.4 Å². The highest BCUT2D eigenvalue weighted by atomic mass is 35.5. The first kappa shape index (κ1) is 25.6. The van der Waals surface area contributed by atoms with E-state index in [1.54, 1.807) is 6.07 Å². The van der Waals surface area contributed by atoms with Gasteiger partial charge in [0.15, 0.2) is 5.82 Å². The number of amides is 2. The number of benzene rings is 2. The summed E-state index contributed by atoms with van der Waals surface area (Å²) in [5.41, 5.74) is 3.48. The van der Waals surface area contributed by atoms with Gasteiger partial charge in [-0.25, -0.2) is 9.37 Å². The third-order valence-electron chi connectivity index (χ3n) is 8.12. The van der Waals surface area contributed by atoms with Crippen LogP contribution in [0.1, 0.15) is 49.5 Å². The largest absolute Gasteiger partial charge is 0.336 e. The summed E-state index contributed by atoms with van der Waals surface area (Å²) in [7, 11) is 1.92. The molecular formula is C29H26ClFN8O2. The molecular weight excluding hydrogens is 547 g/mol. The summed E-state index contributed by atoms with van der Waals surface area (Å²) in [5.74, 6) is 0.0722. The van der Waals surface area contributed by atoms with Gasteiger partial charge in [-0.1, -0.05) is 29.8 Å². The number of hydrogen-bond donors (Lipinski definition) is 1. The summed E-state index contributed by atoms with van der Waals surface area (Å²) >= 11 is 6.15. The van der Waals surface area contributed by atoms with Gasteiger partial charge in [0.05, 0.1) is 28.1 Å². The third kappa shape index (κ3) is 4.50. The molecule has 1 saturated carbocycles. The molecule has 7 rings (SSSR count). The van der Waals surface area contributed by atoms with Crippen LogP contribution in [0.2, 0.25) is 5.02 Å². The maximum absolute atomic E-state index is 15.4. The van der Waals surface area contributed by atoms with Crippen molar-refractivity contribution in [3.8, 4) is 16.9 Å². The first-order chi connectivity index (χ1) is 19.9. The molecule has 2 aromatic carbocycles. The van der Waals surface area contributed by atoms with Crippen LogP contribution in [-0.2, 0) is 16.6 Å². The van der Waals surface area contributed by atoms with Crippen LogP contribution in [-0.4, -0.2) is 52.5 Å². The van der Waals surface area contributed by atoms with Crippen molar-refractivity contribution in [2.75, 3.05) is 5.32 Å². The minimum absolute atomic E-state index is 0.0353. The van der Waals surface area contributed by atoms with Gasteiger partial charge in [-0.15, -0.1) is 5.10 Å². The fraction of sp³-hybridized carbons (Fsp3) is 0.310. The van der Waals surface area contributed by atoms with E-state index in [-0.39, 0.29) is 40.4 Å². The van der Waals surface area contributed by atoms with Crippen LogP contribution in [0.4, 0.5) is 10.1 Å². The lowest BCUT2D eigenvalue weighted by Gasteiger charge is -2.34. The molecule has 0 spiro atoms. The predicted molar refractivity (Wildman–Crippen MR) is 149 cm³/mol. The summed E-state index contributed by atoms with van der Waals surface area (Å²) in [6, 6.07) is 10.4. The first-order valence-electron chi connectivity index (χ1n) is 13.6. The van der Waals surface area contributed by atoms with E-state index in [1.165, 1.54) is 23.2 Å². The number of imidazole rings is 1. The molecule has 12 heteroatoms. The maximum atomic E-state index is 15.4. The maximum Gasteiger partial charge on any atom is 0.247 e. The van der Waals surface area contributed by atoms with Crippen LogP contribution in [0.3, 0.4) is 0 Å². The van der Waals surface area contributed by atoms with Gasteiger partial charge in [-0.2, -0.15) is 4.68 Å². The molecule has 1 saturated heterocycles. The molecule has 2 aromatic heterocycles. The van der Waals surface area contributed by atoms with E-state index in [2.05, 4.69) is 20.8 Å². The Balaban J connectivity index is 1.20. The van der Waals surface area contributed by atoms with Crippen molar-refractivity contribution < 1.29 is 14.0 Å². The number of carbonyl (C=O) groups excluding carboxylic acids is 2. The van der Waals surface area contributed by atoms with Crippen molar-refractivity contribution in [3.63, 3.8) is 0 Å². The second-order valence-corrected chi connectivity index (χ2v) is 11.2. The molecule has 2 amide bonds. The fourth-order valence-electron chi connectivity index (χ4n) is 6.01. The van der Waals surface area contributed by atoms with Crippen molar-refractivity contribution in [1.82, 2.24) is 34.7 Å². The number of fused-ring (bicyclic) bond motifs is 1. The Kier molecular flexibility index (Phi) is 6.19. The van der Waals surface area contributed by atoms with Crippen molar-refractivity contribution >= 4 is 34.7 Å². The van der Waals surface area contributed by atoms with Crippen molar-refractivity contribution in [3.05, 3.63) is 77.2 Å². The van der Waals surface area contributed by atoms with Gasteiger partial charge in [0.25, 0.3) is 0 Å². The van der Waals surface area contributed by atoms with Crippen LogP contribution in [0.15, 0.2) is 55.0 Å². The summed E-state index contributed by atoms with van der Waals surface area (Å²) in [5, 5.41) is 14.2. The van der Waals surface area contributed by atoms with Gasteiger partial charge >= 0.3 is 0 Å². The smallest absolute Gasteiger partial charge is 0.247 e. The highest BCUT2D eigenvalue weighted by molar-refractivity contribution is 6.31. The number of tetrazole rings is 1. The molecule has 0 bridgehead atoms. The number of nitrogens with one attached hydrogen (secondary N) is 1. The van der Waals surface area contributed by atoms with Gasteiger partial charge in [-0.3, -0.25) is 9.59 Å². The van der Waals surface area contributed by atoms with Crippen LogP contribution in [0.5, 0.6) is 0 Å². The van der Waals surface area contributed by atoms with Crippen LogP contribution in [0.25, 0.3) is 22.5 Å². The van der Waals surface area contributed by atoms with E-state index in [1.807, 2.05) is 47.0 Å². The topological polar surface area (TPSA) is 111 Å². The molecule has 10 nitrogen and oxygen atoms in total. The number of aryl methyl sites for hydroxylation is 1. The highest BCUT2D eigenvalue weighted by Crippen LogP contribution is 2.44. The second-order valence-electron chi connectivity index (χ2n) is 10.8. The Labute approximate surface area is 239 Å². The van der Waals surface area contributed by atoms with E-state index in [0.29, 0.717) is 17.7 Å². The Morgan fingerprint density at radius 1 is 1.12 bits per heavy atom. The average molecular weight is 573 g/mol. The van der Waals surface area contributed by atoms with E-state index in [0.717, 1.165) is 48.5 Å². The molecule has 41 heavy (non-hydrogen) atoms. The number of aromatic nitrogens is 6. The molecule has 4 aromatic rings. The third-order valence-corrected chi connectivity index (χ3v) is 8.41. The zero-order valence-electron chi connectivity index (χ0n) is 22.2. The average Bonchev–Trinajstić information content (AvgIpc) is 3.32. The number of nitrogens with zero attached hydrogens (tertiary/aromatic N) is 7. The molecule has 4 heterocycles. The Hall–Kier alpha value is -4.38. The van der Waals surface area contributed by atoms with Crippen LogP contribution in [0, 0.1) is 11.7 Å². The molecule has 1 aliphatic carbocycles. The van der Waals surface area contributed by atoms with Crippen LogP contribution >= 0.6 is 11.6 Å². The fourth-order valence-corrected chi connectivity index (χ4v) is 6.16. The van der Waals surface area contributed by atoms with Crippen molar-refractivity contribution in [2.24, 2.45) is 13.0 Å². The normalized spacial score (nSPS) is 20.2. The van der Waals surface area contributed by atoms with Gasteiger partial charge in [0.2, 0.25) is 11.8 Å². The lowest BCUT2D eigenvalue weighted by molar-refractivity contribution is -0.129. The number of hydrogen-bond acceptors (Lipinski definition) is 6. The SMILES string of the molecule is Cn1cc(-c2ccccc2NC(=O)C2CC2)nc1[C@@H]1CC[C@H]2CC(c3c(-n4cnnn4)ccc(Cl)c3F)=CC(=O)N21. The number of rotatable bonds is 6.